The summed E-state index contributed by atoms with van der Waals surface area (Å²) in [5, 5.41) is 12.1. The minimum atomic E-state index is -0.696. The lowest BCUT2D eigenvalue weighted by atomic mass is 9.80. The maximum Gasteiger partial charge on any atom is 0.306 e. The smallest absolute Gasteiger partial charge is 0.306 e. The predicted molar refractivity (Wildman–Crippen MR) is 71.2 cm³/mol. The third-order valence-electron chi connectivity index (χ3n) is 3.92. The Hall–Kier alpha value is -1.85. The van der Waals surface area contributed by atoms with Gasteiger partial charge >= 0.3 is 5.97 Å². The Labute approximate surface area is 111 Å². The lowest BCUT2D eigenvalue weighted by Gasteiger charge is -2.33. The highest BCUT2D eigenvalue weighted by molar-refractivity contribution is 5.71. The van der Waals surface area contributed by atoms with E-state index in [0.29, 0.717) is 12.8 Å². The number of hydrogen-bond acceptors (Lipinski definition) is 5. The van der Waals surface area contributed by atoms with E-state index in [4.69, 9.17) is 5.11 Å². The number of carbonyl (C=O) groups is 1. The van der Waals surface area contributed by atoms with Gasteiger partial charge in [0.15, 0.2) is 0 Å². The van der Waals surface area contributed by atoms with Crippen molar-refractivity contribution in [3.05, 3.63) is 12.4 Å². The minimum Gasteiger partial charge on any atom is -0.481 e. The normalized spacial score (nSPS) is 26.0. The van der Waals surface area contributed by atoms with Gasteiger partial charge in [0.05, 0.1) is 5.92 Å². The van der Waals surface area contributed by atoms with Crippen LogP contribution in [0.2, 0.25) is 0 Å². The molecule has 3 rings (SSSR count). The monoisotopic (exact) mass is 262 g/mol. The molecule has 1 aliphatic heterocycles. The number of rotatable bonds is 4. The van der Waals surface area contributed by atoms with Crippen LogP contribution in [0.5, 0.6) is 0 Å². The summed E-state index contributed by atoms with van der Waals surface area (Å²) in [6, 6.07) is 2.18. The second-order valence-electron chi connectivity index (χ2n) is 5.30. The van der Waals surface area contributed by atoms with Gasteiger partial charge in [-0.3, -0.25) is 4.79 Å². The van der Waals surface area contributed by atoms with E-state index in [1.165, 1.54) is 12.8 Å². The molecule has 102 valence electrons. The average Bonchev–Trinajstić information content (AvgIpc) is 2.87. The van der Waals surface area contributed by atoms with Crippen LogP contribution < -0.4 is 10.2 Å². The Kier molecular flexibility index (Phi) is 3.23. The van der Waals surface area contributed by atoms with Gasteiger partial charge < -0.3 is 15.3 Å². The zero-order valence-electron chi connectivity index (χ0n) is 10.7. The Morgan fingerprint density at radius 3 is 2.74 bits per heavy atom. The maximum absolute atomic E-state index is 10.7. The highest BCUT2D eigenvalue weighted by atomic mass is 16.4. The highest BCUT2D eigenvalue weighted by Gasteiger charge is 2.34. The van der Waals surface area contributed by atoms with Crippen molar-refractivity contribution in [3.8, 4) is 0 Å². The van der Waals surface area contributed by atoms with Crippen LogP contribution in [0.15, 0.2) is 12.4 Å². The summed E-state index contributed by atoms with van der Waals surface area (Å²) >= 11 is 0. The lowest BCUT2D eigenvalue weighted by molar-refractivity contribution is -0.144. The molecule has 2 heterocycles. The molecule has 2 fully saturated rings. The summed E-state index contributed by atoms with van der Waals surface area (Å²) in [7, 11) is 0. The molecule has 0 unspecified atom stereocenters. The van der Waals surface area contributed by atoms with Crippen LogP contribution in [0.3, 0.4) is 0 Å². The topological polar surface area (TPSA) is 78.4 Å². The highest BCUT2D eigenvalue weighted by Crippen LogP contribution is 2.30. The molecule has 0 radical (unpaired) electrons. The summed E-state index contributed by atoms with van der Waals surface area (Å²) in [4.78, 5) is 21.5. The van der Waals surface area contributed by atoms with Crippen molar-refractivity contribution in [3.63, 3.8) is 0 Å². The standard InChI is InChI=1S/C13H18N4O2/c18-13(19)9-5-10(6-9)16-11-7-12(15-8-14-11)17-3-1-2-4-17/h7-10H,1-6H2,(H,18,19)(H,14,15,16). The number of carboxylic acid groups (broad SMARTS) is 1. The Bertz CT molecular complexity index is 467. The number of nitrogens with one attached hydrogen (secondary N) is 1. The third kappa shape index (κ3) is 2.62. The minimum absolute atomic E-state index is 0.197. The molecule has 0 aromatic carbocycles. The van der Waals surface area contributed by atoms with Crippen LogP contribution in [0.1, 0.15) is 25.7 Å². The van der Waals surface area contributed by atoms with Gasteiger partial charge in [0.25, 0.3) is 0 Å². The van der Waals surface area contributed by atoms with Gasteiger partial charge in [0, 0.05) is 25.2 Å². The molecule has 1 aromatic rings. The van der Waals surface area contributed by atoms with Crippen molar-refractivity contribution in [1.29, 1.82) is 0 Å². The van der Waals surface area contributed by atoms with Crippen molar-refractivity contribution in [2.24, 2.45) is 5.92 Å². The van der Waals surface area contributed by atoms with E-state index in [-0.39, 0.29) is 12.0 Å². The Balaban J connectivity index is 1.59. The summed E-state index contributed by atoms with van der Waals surface area (Å²) in [5.41, 5.74) is 0. The molecule has 19 heavy (non-hydrogen) atoms. The van der Waals surface area contributed by atoms with Crippen molar-refractivity contribution >= 4 is 17.6 Å². The molecule has 1 saturated carbocycles. The molecule has 0 spiro atoms. The summed E-state index contributed by atoms with van der Waals surface area (Å²) in [6.45, 7) is 2.11. The number of hydrogen-bond donors (Lipinski definition) is 2. The van der Waals surface area contributed by atoms with E-state index in [1.54, 1.807) is 6.33 Å². The fraction of sp³-hybridized carbons (Fsp3) is 0.615. The Morgan fingerprint density at radius 2 is 2.05 bits per heavy atom. The second kappa shape index (κ2) is 5.03. The molecule has 6 heteroatoms. The van der Waals surface area contributed by atoms with Gasteiger partial charge in [0.1, 0.15) is 18.0 Å². The molecule has 1 aliphatic carbocycles. The zero-order valence-corrected chi connectivity index (χ0v) is 10.7. The molecule has 2 aliphatic rings. The van der Waals surface area contributed by atoms with E-state index in [9.17, 15) is 4.79 Å². The van der Waals surface area contributed by atoms with Crippen molar-refractivity contribution < 1.29 is 9.90 Å². The molecular formula is C13H18N4O2. The first-order valence-electron chi connectivity index (χ1n) is 6.79. The predicted octanol–water partition coefficient (Wildman–Crippen LogP) is 1.35. The zero-order chi connectivity index (χ0) is 13.2. The van der Waals surface area contributed by atoms with Crippen molar-refractivity contribution in [2.45, 2.75) is 31.7 Å². The maximum atomic E-state index is 10.7. The first kappa shape index (κ1) is 12.2. The van der Waals surface area contributed by atoms with Gasteiger partial charge in [-0.2, -0.15) is 0 Å². The molecule has 6 nitrogen and oxygen atoms in total. The van der Waals surface area contributed by atoms with Crippen LogP contribution in [0, 0.1) is 5.92 Å². The van der Waals surface area contributed by atoms with Crippen molar-refractivity contribution in [1.82, 2.24) is 9.97 Å². The first-order chi connectivity index (χ1) is 9.22. The van der Waals surface area contributed by atoms with Crippen LogP contribution >= 0.6 is 0 Å². The van der Waals surface area contributed by atoms with E-state index in [2.05, 4.69) is 20.2 Å². The SMILES string of the molecule is O=C(O)C1CC(Nc2cc(N3CCCC3)ncn2)C1. The first-order valence-corrected chi connectivity index (χ1v) is 6.79. The summed E-state index contributed by atoms with van der Waals surface area (Å²) in [6.07, 6.45) is 5.37. The van der Waals surface area contributed by atoms with E-state index >= 15 is 0 Å². The van der Waals surface area contributed by atoms with Crippen LogP contribution in [-0.4, -0.2) is 40.2 Å². The van der Waals surface area contributed by atoms with Gasteiger partial charge in [0.2, 0.25) is 0 Å². The number of carboxylic acids is 1. The fourth-order valence-corrected chi connectivity index (χ4v) is 2.69. The number of aliphatic carboxylic acids is 1. The van der Waals surface area contributed by atoms with Gasteiger partial charge in [-0.15, -0.1) is 0 Å². The fourth-order valence-electron chi connectivity index (χ4n) is 2.69. The second-order valence-corrected chi connectivity index (χ2v) is 5.30. The molecule has 0 bridgehead atoms. The van der Waals surface area contributed by atoms with Crippen molar-refractivity contribution in [2.75, 3.05) is 23.3 Å². The lowest BCUT2D eigenvalue weighted by Crippen LogP contribution is -2.39. The van der Waals surface area contributed by atoms with Gasteiger partial charge in [-0.25, -0.2) is 9.97 Å². The average molecular weight is 262 g/mol. The molecule has 1 aromatic heterocycles. The molecular weight excluding hydrogens is 244 g/mol. The summed E-state index contributed by atoms with van der Waals surface area (Å²) < 4.78 is 0. The van der Waals surface area contributed by atoms with Gasteiger partial charge in [-0.05, 0) is 25.7 Å². The number of nitrogens with zero attached hydrogens (tertiary/aromatic N) is 3. The quantitative estimate of drug-likeness (QED) is 0.853. The third-order valence-corrected chi connectivity index (χ3v) is 3.92. The van der Waals surface area contributed by atoms with E-state index in [1.807, 2.05) is 6.07 Å². The number of aromatic nitrogens is 2. The molecule has 2 N–H and O–H groups in total. The Morgan fingerprint density at radius 1 is 1.32 bits per heavy atom. The molecule has 0 amide bonds. The number of anilines is 2. The van der Waals surface area contributed by atoms with Crippen LogP contribution in [-0.2, 0) is 4.79 Å². The summed E-state index contributed by atoms with van der Waals surface area (Å²) in [5.74, 6) is 0.866. The largest absolute Gasteiger partial charge is 0.481 e. The van der Waals surface area contributed by atoms with E-state index < -0.39 is 5.97 Å². The van der Waals surface area contributed by atoms with Crippen LogP contribution in [0.25, 0.3) is 0 Å². The van der Waals surface area contributed by atoms with E-state index in [0.717, 1.165) is 24.7 Å². The van der Waals surface area contributed by atoms with Gasteiger partial charge in [-0.1, -0.05) is 0 Å². The van der Waals surface area contributed by atoms with Crippen LogP contribution in [0.4, 0.5) is 11.6 Å². The molecule has 0 atom stereocenters. The molecule has 1 saturated heterocycles.